The normalized spacial score (nSPS) is 15.5. The van der Waals surface area contributed by atoms with Gasteiger partial charge in [0, 0.05) is 52.7 Å². The number of nitrogens with one attached hydrogen (secondary N) is 3. The number of aromatic hydroxyl groups is 1. The molecule has 1 aliphatic carbocycles. The van der Waals surface area contributed by atoms with Gasteiger partial charge in [0.2, 0.25) is 5.43 Å². The summed E-state index contributed by atoms with van der Waals surface area (Å²) >= 11 is 1.91. The standard InChI is InChI=1S/C56H66F2N6O16S/c1-72-50(67)28-63(29-51(68)73-2)41-13-12-35(54-36-24-38(57)43(65)26-46(36)80-47-27-44(66)39(58)25-37(47)54)23-48(41)78-21-20-77-45-14-11-34(22-42(45)64(30-52(69)74-3)31-53(70)75-4)15-19-79-60-17-8-5-7-16-59-33-76-18-9-6-10-49-55-40(32-81-49)61-56(71)62-55/h11-14,22-27,33,40,49,55,60,65H,5-10,15-21,28-32H2,1-4H3,(H2,61,62,71). The van der Waals surface area contributed by atoms with Crippen molar-refractivity contribution >= 4 is 70.4 Å². The van der Waals surface area contributed by atoms with Crippen LogP contribution in [-0.2, 0) is 54.1 Å². The van der Waals surface area contributed by atoms with Gasteiger partial charge in [0.15, 0.2) is 23.8 Å². The van der Waals surface area contributed by atoms with Crippen molar-refractivity contribution in [2.24, 2.45) is 4.99 Å². The molecule has 3 aromatic carbocycles. The van der Waals surface area contributed by atoms with Crippen molar-refractivity contribution in [3.8, 4) is 39.7 Å². The van der Waals surface area contributed by atoms with Gasteiger partial charge in [0.1, 0.15) is 62.2 Å². The van der Waals surface area contributed by atoms with E-state index in [0.717, 1.165) is 74.1 Å². The zero-order valence-electron chi connectivity index (χ0n) is 45.4. The number of phenolic OH excluding ortho intramolecular Hbond substituents is 1. The van der Waals surface area contributed by atoms with Gasteiger partial charge in [-0.25, -0.2) is 19.1 Å². The Morgan fingerprint density at radius 1 is 0.753 bits per heavy atom. The Hall–Kier alpha value is -7.90. The Balaban J connectivity index is 0.989. The molecule has 22 nitrogen and oxygen atoms in total. The Kier molecular flexibility index (Phi) is 22.5. The number of phenols is 1. The van der Waals surface area contributed by atoms with Crippen molar-refractivity contribution in [3.63, 3.8) is 0 Å². The molecule has 4 N–H and O–H groups in total. The molecule has 7 rings (SSSR count). The number of anilines is 2. The van der Waals surface area contributed by atoms with Crippen LogP contribution < -0.4 is 40.8 Å². The van der Waals surface area contributed by atoms with E-state index in [9.17, 15) is 33.9 Å². The third kappa shape index (κ3) is 16.8. The fourth-order valence-corrected chi connectivity index (χ4v) is 10.7. The molecule has 0 spiro atoms. The number of hydroxylamine groups is 1. The van der Waals surface area contributed by atoms with Crippen molar-refractivity contribution in [2.75, 3.05) is 110 Å². The predicted octanol–water partition coefficient (Wildman–Crippen LogP) is 5.93. The second-order valence-corrected chi connectivity index (χ2v) is 20.1. The number of ether oxygens (including phenoxy) is 7. The average molecular weight is 1150 g/mol. The molecule has 0 saturated carbocycles. The van der Waals surface area contributed by atoms with Crippen LogP contribution >= 0.6 is 11.8 Å². The summed E-state index contributed by atoms with van der Waals surface area (Å²) in [6.45, 7) is 0.143. The van der Waals surface area contributed by atoms with Crippen LogP contribution in [0.2, 0.25) is 0 Å². The number of thioether (sulfide) groups is 1. The summed E-state index contributed by atoms with van der Waals surface area (Å²) in [6.07, 6.45) is 7.58. The summed E-state index contributed by atoms with van der Waals surface area (Å²) in [5.74, 6) is -4.43. The fourth-order valence-electron chi connectivity index (χ4n) is 9.21. The van der Waals surface area contributed by atoms with Gasteiger partial charge in [0.25, 0.3) is 0 Å². The molecule has 2 amide bonds. The maximum absolute atomic E-state index is 15.1. The maximum atomic E-state index is 15.1. The van der Waals surface area contributed by atoms with Gasteiger partial charge in [-0.15, -0.1) is 0 Å². The molecule has 3 heterocycles. The minimum absolute atomic E-state index is 0.0390. The number of methoxy groups -OCH3 is 4. The number of esters is 4. The third-order valence-electron chi connectivity index (χ3n) is 13.3. The van der Waals surface area contributed by atoms with Crippen LogP contribution in [0.4, 0.5) is 25.0 Å². The van der Waals surface area contributed by atoms with Crippen LogP contribution in [0.3, 0.4) is 0 Å². The predicted molar refractivity (Wildman–Crippen MR) is 296 cm³/mol. The van der Waals surface area contributed by atoms with Crippen molar-refractivity contribution in [1.29, 1.82) is 0 Å². The molecule has 81 heavy (non-hydrogen) atoms. The van der Waals surface area contributed by atoms with Crippen LogP contribution in [-0.4, -0.2) is 159 Å². The smallest absolute Gasteiger partial charge is 0.325 e. The minimum atomic E-state index is -1.11. The summed E-state index contributed by atoms with van der Waals surface area (Å²) in [5, 5.41) is 16.8. The van der Waals surface area contributed by atoms with E-state index in [4.69, 9.17) is 42.4 Å². The number of unbranched alkanes of at least 4 members (excludes halogenated alkanes) is 3. The second-order valence-electron chi connectivity index (χ2n) is 18.8. The van der Waals surface area contributed by atoms with E-state index in [-0.39, 0.29) is 102 Å². The Morgan fingerprint density at radius 3 is 2.15 bits per heavy atom. The van der Waals surface area contributed by atoms with Gasteiger partial charge in [-0.2, -0.15) is 11.8 Å². The molecule has 436 valence electrons. The molecule has 3 atom stereocenters. The molecule has 25 heteroatoms. The lowest BCUT2D eigenvalue weighted by Gasteiger charge is -2.26. The molecule has 0 aromatic heterocycles. The van der Waals surface area contributed by atoms with Gasteiger partial charge in [0.05, 0.1) is 65.1 Å². The van der Waals surface area contributed by atoms with Gasteiger partial charge in [-0.1, -0.05) is 18.6 Å². The molecule has 3 aromatic rings. The topological polar surface area (TPSA) is 265 Å². The van der Waals surface area contributed by atoms with Gasteiger partial charge < -0.3 is 68.0 Å². The Morgan fingerprint density at radius 2 is 1.44 bits per heavy atom. The van der Waals surface area contributed by atoms with Gasteiger partial charge >= 0.3 is 29.9 Å². The highest BCUT2D eigenvalue weighted by molar-refractivity contribution is 8.00. The van der Waals surface area contributed by atoms with Crippen LogP contribution in [0.15, 0.2) is 74.9 Å². The van der Waals surface area contributed by atoms with E-state index >= 15 is 8.78 Å². The number of hydrogen-bond acceptors (Lipinski definition) is 21. The van der Waals surface area contributed by atoms with Crippen LogP contribution in [0.1, 0.15) is 44.1 Å². The maximum Gasteiger partial charge on any atom is 0.325 e. The highest BCUT2D eigenvalue weighted by atomic mass is 32.2. The lowest BCUT2D eigenvalue weighted by Crippen LogP contribution is -2.36. The first-order valence-electron chi connectivity index (χ1n) is 26.2. The quantitative estimate of drug-likeness (QED) is 0.00568. The van der Waals surface area contributed by atoms with Crippen LogP contribution in [0.25, 0.3) is 33.4 Å². The number of halogens is 2. The zero-order chi connectivity index (χ0) is 57.8. The van der Waals surface area contributed by atoms with Crippen molar-refractivity contribution < 1.29 is 80.3 Å². The number of urea groups is 1. The van der Waals surface area contributed by atoms with E-state index in [1.54, 1.807) is 18.2 Å². The molecule has 3 unspecified atom stereocenters. The zero-order valence-corrected chi connectivity index (χ0v) is 46.2. The number of nitrogens with zero attached hydrogens (tertiary/aromatic N) is 3. The van der Waals surface area contributed by atoms with Crippen molar-refractivity contribution in [2.45, 2.75) is 62.3 Å². The number of amides is 2. The fraction of sp³-hybridized carbons (Fsp3) is 0.446. The van der Waals surface area contributed by atoms with Crippen LogP contribution in [0.5, 0.6) is 17.2 Å². The highest BCUT2D eigenvalue weighted by Gasteiger charge is 2.42. The highest BCUT2D eigenvalue weighted by Crippen LogP contribution is 2.44. The van der Waals surface area contributed by atoms with E-state index in [1.807, 2.05) is 11.8 Å². The Bertz CT molecular complexity index is 3020. The number of fused-ring (bicyclic) bond motifs is 3. The van der Waals surface area contributed by atoms with Crippen LogP contribution in [0, 0.1) is 11.6 Å². The first-order valence-corrected chi connectivity index (χ1v) is 27.3. The number of hydrogen-bond donors (Lipinski definition) is 4. The summed E-state index contributed by atoms with van der Waals surface area (Å²) in [4.78, 5) is 87.8. The summed E-state index contributed by atoms with van der Waals surface area (Å²) in [7, 11) is 4.78. The molecule has 2 fully saturated rings. The molecule has 0 bridgehead atoms. The van der Waals surface area contributed by atoms with Crippen molar-refractivity contribution in [3.05, 3.63) is 88.1 Å². The molecular formula is C56H66F2N6O16S. The van der Waals surface area contributed by atoms with E-state index in [2.05, 4.69) is 21.1 Å². The largest absolute Gasteiger partial charge is 0.505 e. The van der Waals surface area contributed by atoms with Crippen molar-refractivity contribution in [1.82, 2.24) is 16.1 Å². The number of carbonyl (C=O) groups excluding carboxylic acids is 5. The monoisotopic (exact) mass is 1150 g/mol. The number of carbonyl (C=O) groups is 5. The lowest BCUT2D eigenvalue weighted by molar-refractivity contribution is -0.141. The molecule has 4 aliphatic rings. The number of benzene rings is 4. The molecule has 2 saturated heterocycles. The van der Waals surface area contributed by atoms with E-state index < -0.39 is 59.8 Å². The lowest BCUT2D eigenvalue weighted by atomic mass is 9.93. The molecular weight excluding hydrogens is 1080 g/mol. The summed E-state index contributed by atoms with van der Waals surface area (Å²) in [6, 6.07) is 14.0. The SMILES string of the molecule is COC(=O)CN(CC(=O)OC)c1ccc(-c2c3cc(F)c(=O)cc-3oc3cc(O)c(F)cc23)cc1OCCOc1ccc(CCONCCCCCN=COCCCCC2SCC3NC(=O)NC32)cc1N(CC(=O)OC)CC(=O)OC. The summed E-state index contributed by atoms with van der Waals surface area (Å²) in [5.41, 5.74) is 3.81. The van der Waals surface area contributed by atoms with E-state index in [0.29, 0.717) is 37.1 Å². The Labute approximate surface area is 470 Å². The average Bonchev–Trinajstić information content (AvgIpc) is 4.07. The summed E-state index contributed by atoms with van der Waals surface area (Å²) < 4.78 is 73.8. The minimum Gasteiger partial charge on any atom is -0.505 e. The van der Waals surface area contributed by atoms with Gasteiger partial charge in [-0.05, 0) is 86.1 Å². The van der Waals surface area contributed by atoms with Gasteiger partial charge in [-0.3, -0.25) is 29.0 Å². The van der Waals surface area contributed by atoms with E-state index in [1.165, 1.54) is 62.8 Å². The molecule has 3 aliphatic heterocycles. The first kappa shape index (κ1) is 60.7. The molecule has 0 radical (unpaired) electrons. The third-order valence-corrected chi connectivity index (χ3v) is 14.8. The second kappa shape index (κ2) is 30.1. The number of rotatable bonds is 32. The number of aliphatic imine (C=N–C) groups is 1. The first-order chi connectivity index (χ1) is 39.2.